The zero-order valence-corrected chi connectivity index (χ0v) is 11.5. The van der Waals surface area contributed by atoms with Crippen molar-refractivity contribution in [1.29, 1.82) is 0 Å². The Labute approximate surface area is 114 Å². The number of ether oxygens (including phenoxy) is 1. The van der Waals surface area contributed by atoms with Gasteiger partial charge in [0.15, 0.2) is 0 Å². The quantitative estimate of drug-likeness (QED) is 0.622. The number of amides is 1. The van der Waals surface area contributed by atoms with Crippen LogP contribution < -0.4 is 15.4 Å². The Morgan fingerprint density at radius 1 is 1.42 bits per heavy atom. The molecular weight excluding hydrogens is 244 g/mol. The summed E-state index contributed by atoms with van der Waals surface area (Å²) >= 11 is 0. The molecule has 0 saturated carbocycles. The number of methoxy groups -OCH3 is 1. The molecule has 1 unspecified atom stereocenters. The van der Waals surface area contributed by atoms with Crippen LogP contribution in [0.5, 0.6) is 5.75 Å². The van der Waals surface area contributed by atoms with E-state index in [1.54, 1.807) is 19.2 Å². The lowest BCUT2D eigenvalue weighted by Gasteiger charge is -2.11. The Bertz CT molecular complexity index is 396. The van der Waals surface area contributed by atoms with Gasteiger partial charge in [-0.15, -0.1) is 0 Å². The second-order valence-electron chi connectivity index (χ2n) is 4.28. The lowest BCUT2D eigenvalue weighted by Crippen LogP contribution is -2.30. The predicted octanol–water partition coefficient (Wildman–Crippen LogP) is 1.38. The number of nitrogens with one attached hydrogen (secondary N) is 2. The van der Waals surface area contributed by atoms with Crippen molar-refractivity contribution >= 4 is 11.6 Å². The summed E-state index contributed by atoms with van der Waals surface area (Å²) in [4.78, 5) is 11.7. The predicted molar refractivity (Wildman–Crippen MR) is 75.4 cm³/mol. The minimum atomic E-state index is -0.301. The molecule has 1 atom stereocenters. The molecule has 0 aliphatic heterocycles. The van der Waals surface area contributed by atoms with Crippen LogP contribution >= 0.6 is 0 Å². The van der Waals surface area contributed by atoms with Crippen LogP contribution in [0.3, 0.4) is 0 Å². The second kappa shape index (κ2) is 8.50. The third-order valence-corrected chi connectivity index (χ3v) is 2.79. The fourth-order valence-corrected chi connectivity index (χ4v) is 1.62. The summed E-state index contributed by atoms with van der Waals surface area (Å²) in [7, 11) is 1.56. The molecule has 5 nitrogen and oxygen atoms in total. The molecule has 0 radical (unpaired) electrons. The average molecular weight is 266 g/mol. The SMILES string of the molecule is CCC(O)CCNCC(=O)Nc1ccccc1OC. The largest absolute Gasteiger partial charge is 0.495 e. The maximum Gasteiger partial charge on any atom is 0.238 e. The lowest BCUT2D eigenvalue weighted by atomic mass is 10.2. The first-order chi connectivity index (χ1) is 9.17. The first kappa shape index (κ1) is 15.5. The van der Waals surface area contributed by atoms with Gasteiger partial charge in [0.1, 0.15) is 5.75 Å². The molecule has 1 rings (SSSR count). The van der Waals surface area contributed by atoms with E-state index < -0.39 is 0 Å². The van der Waals surface area contributed by atoms with Crippen LogP contribution in [0.25, 0.3) is 0 Å². The molecule has 0 aliphatic rings. The van der Waals surface area contributed by atoms with Gasteiger partial charge in [-0.3, -0.25) is 4.79 Å². The van der Waals surface area contributed by atoms with E-state index in [2.05, 4.69) is 10.6 Å². The lowest BCUT2D eigenvalue weighted by molar-refractivity contribution is -0.115. The fraction of sp³-hybridized carbons (Fsp3) is 0.500. The topological polar surface area (TPSA) is 70.6 Å². The average Bonchev–Trinajstić information content (AvgIpc) is 2.43. The third kappa shape index (κ3) is 5.72. The van der Waals surface area contributed by atoms with Gasteiger partial charge in [0.25, 0.3) is 0 Å². The summed E-state index contributed by atoms with van der Waals surface area (Å²) in [5.74, 6) is 0.507. The van der Waals surface area contributed by atoms with E-state index >= 15 is 0 Å². The van der Waals surface area contributed by atoms with Crippen molar-refractivity contribution in [3.63, 3.8) is 0 Å². The minimum Gasteiger partial charge on any atom is -0.495 e. The van der Waals surface area contributed by atoms with Crippen molar-refractivity contribution in [3.05, 3.63) is 24.3 Å². The van der Waals surface area contributed by atoms with Crippen LogP contribution in [0, 0.1) is 0 Å². The summed E-state index contributed by atoms with van der Waals surface area (Å²) < 4.78 is 5.15. The number of hydrogen-bond acceptors (Lipinski definition) is 4. The zero-order chi connectivity index (χ0) is 14.1. The van der Waals surface area contributed by atoms with Crippen LogP contribution in [-0.4, -0.2) is 37.3 Å². The van der Waals surface area contributed by atoms with Crippen molar-refractivity contribution < 1.29 is 14.6 Å². The highest BCUT2D eigenvalue weighted by Gasteiger charge is 2.06. The van der Waals surface area contributed by atoms with E-state index in [4.69, 9.17) is 4.74 Å². The molecule has 106 valence electrons. The molecule has 0 bridgehead atoms. The van der Waals surface area contributed by atoms with E-state index in [1.807, 2.05) is 19.1 Å². The van der Waals surface area contributed by atoms with Gasteiger partial charge in [-0.25, -0.2) is 0 Å². The van der Waals surface area contributed by atoms with Gasteiger partial charge < -0.3 is 20.5 Å². The highest BCUT2D eigenvalue weighted by atomic mass is 16.5. The monoisotopic (exact) mass is 266 g/mol. The zero-order valence-electron chi connectivity index (χ0n) is 11.5. The Balaban J connectivity index is 2.31. The van der Waals surface area contributed by atoms with Crippen molar-refractivity contribution in [2.45, 2.75) is 25.9 Å². The number of rotatable bonds is 8. The third-order valence-electron chi connectivity index (χ3n) is 2.79. The maximum absolute atomic E-state index is 11.7. The highest BCUT2D eigenvalue weighted by Crippen LogP contribution is 2.22. The molecule has 0 spiro atoms. The van der Waals surface area contributed by atoms with Gasteiger partial charge in [0.2, 0.25) is 5.91 Å². The van der Waals surface area contributed by atoms with Crippen LogP contribution in [0.2, 0.25) is 0 Å². The maximum atomic E-state index is 11.7. The number of aliphatic hydroxyl groups is 1. The number of hydrogen-bond donors (Lipinski definition) is 3. The molecule has 0 saturated heterocycles. The fourth-order valence-electron chi connectivity index (χ4n) is 1.62. The van der Waals surface area contributed by atoms with Crippen molar-refractivity contribution in [1.82, 2.24) is 5.32 Å². The summed E-state index contributed by atoms with van der Waals surface area (Å²) in [6, 6.07) is 7.26. The van der Waals surface area contributed by atoms with Gasteiger partial charge in [-0.1, -0.05) is 19.1 Å². The number of benzene rings is 1. The molecule has 0 aliphatic carbocycles. The van der Waals surface area contributed by atoms with Gasteiger partial charge in [-0.2, -0.15) is 0 Å². The number of carbonyl (C=O) groups excluding carboxylic acids is 1. The van der Waals surface area contributed by atoms with E-state index in [9.17, 15) is 9.90 Å². The molecule has 0 heterocycles. The molecular formula is C14H22N2O3. The van der Waals surface area contributed by atoms with Crippen LogP contribution in [0.4, 0.5) is 5.69 Å². The molecule has 1 amide bonds. The highest BCUT2D eigenvalue weighted by molar-refractivity contribution is 5.93. The Hall–Kier alpha value is -1.59. The van der Waals surface area contributed by atoms with Crippen LogP contribution in [0.15, 0.2) is 24.3 Å². The van der Waals surface area contributed by atoms with E-state index in [1.165, 1.54) is 0 Å². The summed E-state index contributed by atoms with van der Waals surface area (Å²) in [5, 5.41) is 15.1. The molecule has 0 aromatic heterocycles. The molecule has 1 aromatic rings. The molecule has 5 heteroatoms. The van der Waals surface area contributed by atoms with Crippen LogP contribution in [0.1, 0.15) is 19.8 Å². The van der Waals surface area contributed by atoms with Crippen molar-refractivity contribution in [2.24, 2.45) is 0 Å². The Morgan fingerprint density at radius 3 is 2.84 bits per heavy atom. The second-order valence-corrected chi connectivity index (χ2v) is 4.28. The summed E-state index contributed by atoms with van der Waals surface area (Å²) in [6.07, 6.45) is 1.08. The smallest absolute Gasteiger partial charge is 0.238 e. The molecule has 19 heavy (non-hydrogen) atoms. The Morgan fingerprint density at radius 2 is 2.16 bits per heavy atom. The number of carbonyl (C=O) groups is 1. The summed E-state index contributed by atoms with van der Waals surface area (Å²) in [6.45, 7) is 2.77. The normalized spacial score (nSPS) is 11.9. The van der Waals surface area contributed by atoms with Gasteiger partial charge >= 0.3 is 0 Å². The number of anilines is 1. The van der Waals surface area contributed by atoms with Crippen molar-refractivity contribution in [2.75, 3.05) is 25.5 Å². The van der Waals surface area contributed by atoms with E-state index in [0.717, 1.165) is 6.42 Å². The molecule has 0 fully saturated rings. The number of aliphatic hydroxyl groups excluding tert-OH is 1. The first-order valence-corrected chi connectivity index (χ1v) is 6.49. The van der Waals surface area contributed by atoms with E-state index in [0.29, 0.717) is 24.4 Å². The van der Waals surface area contributed by atoms with E-state index in [-0.39, 0.29) is 18.6 Å². The molecule has 1 aromatic carbocycles. The Kier molecular flexibility index (Phi) is 6.92. The standard InChI is InChI=1S/C14H22N2O3/c1-3-11(17)8-9-15-10-14(18)16-12-6-4-5-7-13(12)19-2/h4-7,11,15,17H,3,8-10H2,1-2H3,(H,16,18). The first-order valence-electron chi connectivity index (χ1n) is 6.49. The number of para-hydroxylation sites is 2. The van der Waals surface area contributed by atoms with Gasteiger partial charge in [0.05, 0.1) is 25.4 Å². The van der Waals surface area contributed by atoms with Crippen LogP contribution in [-0.2, 0) is 4.79 Å². The molecule has 3 N–H and O–H groups in total. The van der Waals surface area contributed by atoms with Crippen molar-refractivity contribution in [3.8, 4) is 5.75 Å². The van der Waals surface area contributed by atoms with Gasteiger partial charge in [-0.05, 0) is 31.5 Å². The minimum absolute atomic E-state index is 0.129. The summed E-state index contributed by atoms with van der Waals surface area (Å²) in [5.41, 5.74) is 0.658. The van der Waals surface area contributed by atoms with Gasteiger partial charge in [0, 0.05) is 0 Å².